The Kier molecular flexibility index (Phi) is 2.20. The van der Waals surface area contributed by atoms with Crippen molar-refractivity contribution in [3.8, 4) is 6.07 Å². The lowest BCUT2D eigenvalue weighted by molar-refractivity contribution is 0.175. The minimum atomic E-state index is -0.894. The van der Waals surface area contributed by atoms with E-state index in [-0.39, 0.29) is 35.8 Å². The Bertz CT molecular complexity index is 666. The van der Waals surface area contributed by atoms with E-state index in [4.69, 9.17) is 11.0 Å². The van der Waals surface area contributed by atoms with E-state index < -0.39 is 12.0 Å². The molecule has 0 aliphatic heterocycles. The summed E-state index contributed by atoms with van der Waals surface area (Å²) in [5, 5.41) is 12.9. The number of nitrogens with zero attached hydrogens (tertiary/aromatic N) is 4. The molecule has 1 aliphatic rings. The number of nitrogens with two attached hydrogens (primary N) is 1. The third kappa shape index (κ3) is 1.35. The number of hydrogen-bond donors (Lipinski definition) is 1. The molecule has 0 unspecified atom stereocenters. The van der Waals surface area contributed by atoms with Gasteiger partial charge in [0.25, 0.3) is 0 Å². The number of hydrogen-bond acceptors (Lipinski definition) is 4. The molecule has 18 heavy (non-hydrogen) atoms. The Balaban J connectivity index is 2.27. The van der Waals surface area contributed by atoms with Crippen molar-refractivity contribution in [3.05, 3.63) is 23.3 Å². The predicted octanol–water partition coefficient (Wildman–Crippen LogP) is 1.54. The lowest BCUT2D eigenvalue weighted by Gasteiger charge is -2.29. The molecule has 2 heterocycles. The summed E-state index contributed by atoms with van der Waals surface area (Å²) in [6, 6.07) is 1.81. The first kappa shape index (κ1) is 10.9. The minimum absolute atomic E-state index is 0.0145. The van der Waals surface area contributed by atoms with Crippen LogP contribution in [0.4, 0.5) is 14.7 Å². The maximum Gasteiger partial charge on any atom is 0.238 e. The van der Waals surface area contributed by atoms with Crippen LogP contribution in [-0.4, -0.2) is 20.8 Å². The van der Waals surface area contributed by atoms with Crippen LogP contribution in [0.15, 0.2) is 6.20 Å². The molecule has 92 valence electrons. The Hall–Kier alpha value is -2.23. The summed E-state index contributed by atoms with van der Waals surface area (Å²) >= 11 is 0. The first-order valence-corrected chi connectivity index (χ1v) is 5.48. The molecule has 0 atom stereocenters. The zero-order valence-electron chi connectivity index (χ0n) is 9.27. The van der Waals surface area contributed by atoms with Crippen LogP contribution in [0.2, 0.25) is 0 Å². The third-order valence-electron chi connectivity index (χ3n) is 3.26. The smallest absolute Gasteiger partial charge is 0.238 e. The molecule has 0 bridgehead atoms. The molecule has 3 rings (SSSR count). The maximum absolute atomic E-state index is 14.0. The van der Waals surface area contributed by atoms with E-state index in [2.05, 4.69) is 10.1 Å². The quantitative estimate of drug-likeness (QED) is 0.831. The fourth-order valence-electron chi connectivity index (χ4n) is 2.30. The molecule has 5 nitrogen and oxygen atoms in total. The molecule has 1 aliphatic carbocycles. The standard InChI is InChI=1S/C11H9F2N5/c12-6-1-5(2-6)10-7(3-14)9(13)8-4-16-11(15)17-18(8)10/h4-6H,1-2H2,(H2,15,17). The van der Waals surface area contributed by atoms with E-state index in [9.17, 15) is 8.78 Å². The first-order valence-electron chi connectivity index (χ1n) is 5.48. The van der Waals surface area contributed by atoms with Gasteiger partial charge in [-0.2, -0.15) is 5.26 Å². The van der Waals surface area contributed by atoms with Gasteiger partial charge in [0.15, 0.2) is 5.82 Å². The molecule has 2 aromatic rings. The zero-order chi connectivity index (χ0) is 12.9. The number of anilines is 1. The van der Waals surface area contributed by atoms with Gasteiger partial charge in [-0.15, -0.1) is 5.10 Å². The number of fused-ring (bicyclic) bond motifs is 1. The van der Waals surface area contributed by atoms with Crippen molar-refractivity contribution in [1.82, 2.24) is 14.6 Å². The van der Waals surface area contributed by atoms with Gasteiger partial charge in [-0.05, 0) is 12.8 Å². The lowest BCUT2D eigenvalue weighted by atomic mass is 9.80. The highest BCUT2D eigenvalue weighted by molar-refractivity contribution is 5.58. The second-order valence-electron chi connectivity index (χ2n) is 4.37. The van der Waals surface area contributed by atoms with Crippen molar-refractivity contribution in [3.63, 3.8) is 0 Å². The number of alkyl halides is 1. The van der Waals surface area contributed by atoms with Crippen molar-refractivity contribution in [2.75, 3.05) is 5.73 Å². The summed E-state index contributed by atoms with van der Waals surface area (Å²) in [6.45, 7) is 0. The van der Waals surface area contributed by atoms with Gasteiger partial charge >= 0.3 is 0 Å². The fourth-order valence-corrected chi connectivity index (χ4v) is 2.30. The van der Waals surface area contributed by atoms with Gasteiger partial charge in [-0.25, -0.2) is 18.3 Å². The van der Waals surface area contributed by atoms with Crippen molar-refractivity contribution in [2.24, 2.45) is 0 Å². The van der Waals surface area contributed by atoms with Crippen LogP contribution in [0.1, 0.15) is 30.0 Å². The van der Waals surface area contributed by atoms with Crippen LogP contribution in [0, 0.1) is 17.1 Å². The SMILES string of the molecule is N#Cc1c(F)c2cnc(N)nn2c1C1CC(F)C1. The Morgan fingerprint density at radius 1 is 1.50 bits per heavy atom. The molecule has 0 aromatic carbocycles. The Labute approximate surface area is 101 Å². The molecule has 7 heteroatoms. The van der Waals surface area contributed by atoms with E-state index in [1.807, 2.05) is 6.07 Å². The molecule has 2 aromatic heterocycles. The summed E-state index contributed by atoms with van der Waals surface area (Å²) in [5.74, 6) is -0.880. The van der Waals surface area contributed by atoms with Gasteiger partial charge in [-0.3, -0.25) is 0 Å². The largest absolute Gasteiger partial charge is 0.367 e. The second kappa shape index (κ2) is 3.63. The van der Waals surface area contributed by atoms with E-state index in [0.717, 1.165) is 0 Å². The van der Waals surface area contributed by atoms with E-state index in [1.165, 1.54) is 10.7 Å². The summed E-state index contributed by atoms with van der Waals surface area (Å²) in [7, 11) is 0. The predicted molar refractivity (Wildman–Crippen MR) is 58.9 cm³/mol. The summed E-state index contributed by atoms with van der Waals surface area (Å²) in [5.41, 5.74) is 5.86. The van der Waals surface area contributed by atoms with Crippen LogP contribution in [0.25, 0.3) is 5.52 Å². The summed E-state index contributed by atoms with van der Waals surface area (Å²) < 4.78 is 28.2. The van der Waals surface area contributed by atoms with Gasteiger partial charge in [0, 0.05) is 5.92 Å². The zero-order valence-corrected chi connectivity index (χ0v) is 9.27. The van der Waals surface area contributed by atoms with E-state index in [1.54, 1.807) is 0 Å². The molecular weight excluding hydrogens is 240 g/mol. The van der Waals surface area contributed by atoms with Crippen molar-refractivity contribution in [2.45, 2.75) is 24.9 Å². The van der Waals surface area contributed by atoms with Crippen LogP contribution >= 0.6 is 0 Å². The molecule has 1 fully saturated rings. The Morgan fingerprint density at radius 2 is 2.22 bits per heavy atom. The van der Waals surface area contributed by atoms with Crippen molar-refractivity contribution >= 4 is 11.5 Å². The highest BCUT2D eigenvalue weighted by Gasteiger charge is 2.36. The highest BCUT2D eigenvalue weighted by atomic mass is 19.1. The van der Waals surface area contributed by atoms with Crippen LogP contribution in [0.5, 0.6) is 0 Å². The van der Waals surface area contributed by atoms with Crippen LogP contribution in [-0.2, 0) is 0 Å². The summed E-state index contributed by atoms with van der Waals surface area (Å²) in [4.78, 5) is 3.70. The molecule has 0 radical (unpaired) electrons. The topological polar surface area (TPSA) is 80.0 Å². The molecular formula is C11H9F2N5. The van der Waals surface area contributed by atoms with E-state index in [0.29, 0.717) is 5.69 Å². The van der Waals surface area contributed by atoms with Gasteiger partial charge in [0.2, 0.25) is 5.95 Å². The molecule has 1 saturated carbocycles. The number of nitrogen functional groups attached to an aromatic ring is 1. The number of halogens is 2. The molecule has 2 N–H and O–H groups in total. The third-order valence-corrected chi connectivity index (χ3v) is 3.26. The number of rotatable bonds is 1. The average molecular weight is 249 g/mol. The minimum Gasteiger partial charge on any atom is -0.367 e. The Morgan fingerprint density at radius 3 is 2.83 bits per heavy atom. The number of aromatic nitrogens is 3. The second-order valence-corrected chi connectivity index (χ2v) is 4.37. The monoisotopic (exact) mass is 249 g/mol. The average Bonchev–Trinajstić information content (AvgIpc) is 2.57. The van der Waals surface area contributed by atoms with Crippen molar-refractivity contribution < 1.29 is 8.78 Å². The fraction of sp³-hybridized carbons (Fsp3) is 0.364. The highest BCUT2D eigenvalue weighted by Crippen LogP contribution is 2.41. The molecule has 0 amide bonds. The van der Waals surface area contributed by atoms with Crippen LogP contribution in [0.3, 0.4) is 0 Å². The van der Waals surface area contributed by atoms with Crippen molar-refractivity contribution in [1.29, 1.82) is 5.26 Å². The first-order chi connectivity index (χ1) is 8.61. The van der Waals surface area contributed by atoms with Gasteiger partial charge in [-0.1, -0.05) is 0 Å². The lowest BCUT2D eigenvalue weighted by Crippen LogP contribution is -2.25. The van der Waals surface area contributed by atoms with Gasteiger partial charge < -0.3 is 5.73 Å². The normalized spacial score (nSPS) is 22.7. The molecule has 0 spiro atoms. The van der Waals surface area contributed by atoms with Crippen LogP contribution < -0.4 is 5.73 Å². The van der Waals surface area contributed by atoms with Gasteiger partial charge in [0.1, 0.15) is 23.3 Å². The van der Waals surface area contributed by atoms with Gasteiger partial charge in [0.05, 0.1) is 11.9 Å². The molecule has 0 saturated heterocycles. The summed E-state index contributed by atoms with van der Waals surface area (Å²) in [6.07, 6.45) is 0.899. The van der Waals surface area contributed by atoms with E-state index >= 15 is 0 Å². The number of nitriles is 1. The maximum atomic E-state index is 14.0.